The van der Waals surface area contributed by atoms with E-state index in [0.29, 0.717) is 6.04 Å². The summed E-state index contributed by atoms with van der Waals surface area (Å²) in [5, 5.41) is 3.62. The topological polar surface area (TPSA) is 34.0 Å². The van der Waals surface area contributed by atoms with Gasteiger partial charge in [0.2, 0.25) is 0 Å². The number of fused-ring (bicyclic) bond motifs is 1. The van der Waals surface area contributed by atoms with Crippen LogP contribution < -0.4 is 10.9 Å². The third-order valence-corrected chi connectivity index (χ3v) is 4.30. The minimum atomic E-state index is 0.149. The number of nitrogens with zero attached hydrogens (tertiary/aromatic N) is 1. The number of aromatic nitrogens is 1. The summed E-state index contributed by atoms with van der Waals surface area (Å²) in [6.45, 7) is 10.7. The summed E-state index contributed by atoms with van der Waals surface area (Å²) < 4.78 is 2.01. The van der Waals surface area contributed by atoms with Gasteiger partial charge in [-0.15, -0.1) is 0 Å². The van der Waals surface area contributed by atoms with Crippen molar-refractivity contribution >= 4 is 0 Å². The molecule has 1 aromatic rings. The van der Waals surface area contributed by atoms with E-state index in [4.69, 9.17) is 0 Å². The Hall–Kier alpha value is -1.09. The number of hydrogen-bond acceptors (Lipinski definition) is 2. The molecule has 0 amide bonds. The molecule has 0 saturated heterocycles. The van der Waals surface area contributed by atoms with Crippen molar-refractivity contribution in [3.63, 3.8) is 0 Å². The molecule has 1 heterocycles. The Labute approximate surface area is 122 Å². The minimum Gasteiger partial charge on any atom is -0.312 e. The second-order valence-electron chi connectivity index (χ2n) is 6.98. The van der Waals surface area contributed by atoms with Gasteiger partial charge in [0.15, 0.2) is 0 Å². The van der Waals surface area contributed by atoms with Gasteiger partial charge in [0.1, 0.15) is 0 Å². The summed E-state index contributed by atoms with van der Waals surface area (Å²) in [6, 6.07) is 4.09. The maximum Gasteiger partial charge on any atom is 0.250 e. The van der Waals surface area contributed by atoms with Crippen LogP contribution in [-0.4, -0.2) is 17.2 Å². The molecule has 1 aliphatic carbocycles. The molecule has 20 heavy (non-hydrogen) atoms. The van der Waals surface area contributed by atoms with E-state index < -0.39 is 0 Å². The summed E-state index contributed by atoms with van der Waals surface area (Å²) in [7, 11) is 0. The van der Waals surface area contributed by atoms with E-state index in [9.17, 15) is 4.79 Å². The lowest BCUT2D eigenvalue weighted by atomic mass is 9.86. The van der Waals surface area contributed by atoms with E-state index in [2.05, 4.69) is 33.0 Å². The van der Waals surface area contributed by atoms with Crippen molar-refractivity contribution in [1.29, 1.82) is 0 Å². The third-order valence-electron chi connectivity index (χ3n) is 4.30. The lowest BCUT2D eigenvalue weighted by molar-refractivity contribution is 0.239. The van der Waals surface area contributed by atoms with Gasteiger partial charge in [-0.2, -0.15) is 0 Å². The second kappa shape index (κ2) is 6.13. The van der Waals surface area contributed by atoms with Crippen molar-refractivity contribution in [2.24, 2.45) is 5.41 Å². The predicted molar refractivity (Wildman–Crippen MR) is 84.3 cm³/mol. The summed E-state index contributed by atoms with van der Waals surface area (Å²) >= 11 is 0. The maximum absolute atomic E-state index is 12.3. The molecule has 2 rings (SSSR count). The molecule has 0 spiro atoms. The van der Waals surface area contributed by atoms with Gasteiger partial charge in [-0.1, -0.05) is 33.8 Å². The molecule has 112 valence electrons. The number of rotatable bonds is 5. The number of hydrogen-bond donors (Lipinski definition) is 1. The van der Waals surface area contributed by atoms with Crippen molar-refractivity contribution in [3.05, 3.63) is 33.7 Å². The molecule has 0 radical (unpaired) electrons. The van der Waals surface area contributed by atoms with Crippen LogP contribution in [0.1, 0.15) is 51.8 Å². The zero-order valence-corrected chi connectivity index (χ0v) is 13.3. The molecule has 3 heteroatoms. The normalized spacial score (nSPS) is 16.2. The fourth-order valence-corrected chi connectivity index (χ4v) is 2.98. The second-order valence-corrected chi connectivity index (χ2v) is 6.98. The lowest BCUT2D eigenvalue weighted by Crippen LogP contribution is -2.46. The van der Waals surface area contributed by atoms with Gasteiger partial charge < -0.3 is 9.88 Å². The average molecular weight is 276 g/mol. The molecular weight excluding hydrogens is 248 g/mol. The van der Waals surface area contributed by atoms with Crippen LogP contribution in [0.2, 0.25) is 0 Å². The van der Waals surface area contributed by atoms with Crippen LogP contribution in [0, 0.1) is 5.41 Å². The highest BCUT2D eigenvalue weighted by molar-refractivity contribution is 5.25. The lowest BCUT2D eigenvalue weighted by Gasteiger charge is -2.33. The Morgan fingerprint density at radius 2 is 2.05 bits per heavy atom. The molecule has 0 saturated carbocycles. The van der Waals surface area contributed by atoms with Crippen LogP contribution in [0.15, 0.2) is 16.9 Å². The largest absolute Gasteiger partial charge is 0.312 e. The summed E-state index contributed by atoms with van der Waals surface area (Å²) in [6.07, 6.45) is 4.48. The van der Waals surface area contributed by atoms with E-state index in [-0.39, 0.29) is 11.0 Å². The van der Waals surface area contributed by atoms with E-state index in [0.717, 1.165) is 32.4 Å². The summed E-state index contributed by atoms with van der Waals surface area (Å²) in [5.74, 6) is 0. The Balaban J connectivity index is 2.27. The van der Waals surface area contributed by atoms with Crippen LogP contribution in [0.3, 0.4) is 0 Å². The van der Waals surface area contributed by atoms with Gasteiger partial charge in [0, 0.05) is 24.3 Å². The molecule has 1 aliphatic rings. The first-order chi connectivity index (χ1) is 9.43. The zero-order chi connectivity index (χ0) is 14.8. The first-order valence-electron chi connectivity index (χ1n) is 7.88. The smallest absolute Gasteiger partial charge is 0.250 e. The maximum atomic E-state index is 12.3. The first kappa shape index (κ1) is 15.3. The van der Waals surface area contributed by atoms with E-state index in [1.807, 2.05) is 10.6 Å². The highest BCUT2D eigenvalue weighted by Crippen LogP contribution is 2.24. The highest BCUT2D eigenvalue weighted by Gasteiger charge is 2.26. The van der Waals surface area contributed by atoms with Crippen LogP contribution in [0.4, 0.5) is 0 Å². The fraction of sp³-hybridized carbons (Fsp3) is 0.706. The van der Waals surface area contributed by atoms with Gasteiger partial charge in [-0.3, -0.25) is 4.79 Å². The molecule has 1 aromatic heterocycles. The SMILES string of the molecule is CCCNC(Cn1c2c(ccc1=O)CCC2)C(C)(C)C. The van der Waals surface area contributed by atoms with Gasteiger partial charge >= 0.3 is 0 Å². The quantitative estimate of drug-likeness (QED) is 0.897. The summed E-state index contributed by atoms with van der Waals surface area (Å²) in [5.41, 5.74) is 2.94. The number of aryl methyl sites for hydroxylation is 1. The number of nitrogens with one attached hydrogen (secondary N) is 1. The van der Waals surface area contributed by atoms with Gasteiger partial charge in [0.25, 0.3) is 5.56 Å². The first-order valence-corrected chi connectivity index (χ1v) is 7.88. The van der Waals surface area contributed by atoms with E-state index in [1.54, 1.807) is 6.07 Å². The standard InChI is InChI=1S/C17H28N2O/c1-5-11-18-15(17(2,3)4)12-19-14-8-6-7-13(14)9-10-16(19)20/h9-10,15,18H,5-8,11-12H2,1-4H3. The molecular formula is C17H28N2O. The molecule has 1 unspecified atom stereocenters. The third kappa shape index (κ3) is 3.32. The van der Waals surface area contributed by atoms with Crippen LogP contribution in [0.25, 0.3) is 0 Å². The predicted octanol–water partition coefficient (Wildman–Crippen LogP) is 2.75. The zero-order valence-electron chi connectivity index (χ0n) is 13.3. The monoisotopic (exact) mass is 276 g/mol. The van der Waals surface area contributed by atoms with Crippen molar-refractivity contribution in [2.75, 3.05) is 6.54 Å². The van der Waals surface area contributed by atoms with Crippen LogP contribution in [0.5, 0.6) is 0 Å². The fourth-order valence-electron chi connectivity index (χ4n) is 2.98. The molecule has 1 N–H and O–H groups in total. The molecule has 3 nitrogen and oxygen atoms in total. The Bertz CT molecular complexity index is 511. The van der Waals surface area contributed by atoms with E-state index in [1.165, 1.54) is 17.7 Å². The van der Waals surface area contributed by atoms with Crippen LogP contribution >= 0.6 is 0 Å². The van der Waals surface area contributed by atoms with Crippen molar-refractivity contribution in [1.82, 2.24) is 9.88 Å². The Morgan fingerprint density at radius 3 is 2.70 bits per heavy atom. The highest BCUT2D eigenvalue weighted by atomic mass is 16.1. The average Bonchev–Trinajstić information content (AvgIpc) is 2.83. The van der Waals surface area contributed by atoms with Crippen molar-refractivity contribution in [3.8, 4) is 0 Å². The van der Waals surface area contributed by atoms with E-state index >= 15 is 0 Å². The van der Waals surface area contributed by atoms with Gasteiger partial charge in [-0.05, 0) is 43.2 Å². The molecule has 1 atom stereocenters. The van der Waals surface area contributed by atoms with Crippen molar-refractivity contribution < 1.29 is 0 Å². The van der Waals surface area contributed by atoms with Gasteiger partial charge in [-0.25, -0.2) is 0 Å². The molecule has 0 aromatic carbocycles. The van der Waals surface area contributed by atoms with Crippen LogP contribution in [-0.2, 0) is 19.4 Å². The molecule has 0 aliphatic heterocycles. The summed E-state index contributed by atoms with van der Waals surface area (Å²) in [4.78, 5) is 12.3. The van der Waals surface area contributed by atoms with Gasteiger partial charge in [0.05, 0.1) is 0 Å². The Kier molecular flexibility index (Phi) is 4.69. The minimum absolute atomic E-state index is 0.149. The molecule has 0 fully saturated rings. The van der Waals surface area contributed by atoms with Crippen molar-refractivity contribution in [2.45, 2.75) is 66.0 Å². The number of pyridine rings is 1. The Morgan fingerprint density at radius 1 is 1.30 bits per heavy atom. The molecule has 0 bridgehead atoms.